The van der Waals surface area contributed by atoms with E-state index in [1.54, 1.807) is 7.11 Å². The van der Waals surface area contributed by atoms with Gasteiger partial charge in [0.05, 0.1) is 18.6 Å². The monoisotopic (exact) mass is 472 g/mol. The highest BCUT2D eigenvalue weighted by Gasteiger charge is 2.28. The van der Waals surface area contributed by atoms with Gasteiger partial charge in [-0.15, -0.1) is 31.4 Å². The van der Waals surface area contributed by atoms with Gasteiger partial charge < -0.3 is 14.4 Å². The highest BCUT2D eigenvalue weighted by molar-refractivity contribution is 5.85. The van der Waals surface area contributed by atoms with Crippen molar-refractivity contribution in [2.24, 2.45) is 5.92 Å². The van der Waals surface area contributed by atoms with Gasteiger partial charge in [0.2, 0.25) is 0 Å². The van der Waals surface area contributed by atoms with Crippen molar-refractivity contribution in [2.45, 2.75) is 44.6 Å². The van der Waals surface area contributed by atoms with Gasteiger partial charge in [-0.05, 0) is 49.8 Å². The minimum Gasteiger partial charge on any atom is -0.465 e. The quantitative estimate of drug-likeness (QED) is 0.300. The molecule has 7 heteroatoms. The van der Waals surface area contributed by atoms with Crippen molar-refractivity contribution >= 4 is 36.5 Å². The van der Waals surface area contributed by atoms with Crippen LogP contribution in [0.5, 0.6) is 0 Å². The Bertz CT molecular complexity index is 666. The summed E-state index contributed by atoms with van der Waals surface area (Å²) in [6, 6.07) is 8.76. The lowest BCUT2D eigenvalue weighted by atomic mass is 9.87. The van der Waals surface area contributed by atoms with E-state index in [4.69, 9.17) is 9.47 Å². The van der Waals surface area contributed by atoms with E-state index in [1.807, 2.05) is 6.08 Å². The summed E-state index contributed by atoms with van der Waals surface area (Å²) < 4.78 is 11.0. The first-order valence-corrected chi connectivity index (χ1v) is 11.1. The maximum atomic E-state index is 12.3. The Kier molecular flexibility index (Phi) is 13.2. The van der Waals surface area contributed by atoms with Crippen molar-refractivity contribution in [2.75, 3.05) is 51.3 Å². The Hall–Kier alpha value is -1.27. The molecule has 5 nitrogen and oxygen atoms in total. The van der Waals surface area contributed by atoms with Gasteiger partial charge in [0.1, 0.15) is 0 Å². The summed E-state index contributed by atoms with van der Waals surface area (Å²) in [7, 11) is 1.73. The largest absolute Gasteiger partial charge is 0.465 e. The molecule has 3 rings (SSSR count). The number of benzene rings is 1. The summed E-state index contributed by atoms with van der Waals surface area (Å²) >= 11 is 0. The molecule has 0 bridgehead atoms. The smallest absolute Gasteiger partial charge is 0.309 e. The molecule has 1 heterocycles. The van der Waals surface area contributed by atoms with Gasteiger partial charge in [0.25, 0.3) is 0 Å². The highest BCUT2D eigenvalue weighted by atomic mass is 35.5. The fraction of sp³-hybridized carbons (Fsp3) is 0.625. The van der Waals surface area contributed by atoms with E-state index in [2.05, 4.69) is 40.6 Å². The van der Waals surface area contributed by atoms with Crippen LogP contribution in [0.15, 0.2) is 36.9 Å². The van der Waals surface area contributed by atoms with Gasteiger partial charge in [0, 0.05) is 45.5 Å². The fourth-order valence-electron chi connectivity index (χ4n) is 4.43. The zero-order chi connectivity index (χ0) is 20.5. The molecule has 1 aliphatic heterocycles. The molecule has 2 atom stereocenters. The maximum absolute atomic E-state index is 12.3. The van der Waals surface area contributed by atoms with Crippen molar-refractivity contribution in [1.29, 1.82) is 0 Å². The van der Waals surface area contributed by atoms with Crippen LogP contribution in [0.25, 0.3) is 0 Å². The first-order valence-electron chi connectivity index (χ1n) is 11.1. The lowest BCUT2D eigenvalue weighted by Gasteiger charge is -2.36. The van der Waals surface area contributed by atoms with E-state index >= 15 is 0 Å². The third-order valence-electron chi connectivity index (χ3n) is 6.18. The van der Waals surface area contributed by atoms with Crippen molar-refractivity contribution in [3.63, 3.8) is 0 Å². The summed E-state index contributed by atoms with van der Waals surface area (Å²) in [6.45, 7) is 9.53. The molecular formula is C24H38Cl2N2O3. The van der Waals surface area contributed by atoms with E-state index in [0.29, 0.717) is 6.61 Å². The van der Waals surface area contributed by atoms with Crippen LogP contribution in [-0.4, -0.2) is 63.4 Å². The molecule has 2 aliphatic rings. The van der Waals surface area contributed by atoms with Crippen LogP contribution in [0.3, 0.4) is 0 Å². The molecule has 1 aromatic rings. The standard InChI is InChI=1S/C24H36N2O3.2ClH/c1-3-7-20-8-4-10-22(18-20)26-15-13-25(14-16-26)12-6-17-29-24(27)21-9-5-11-23(19-21)28-2;;/h3-4,8,10,18,21,23H,1,5-7,9,11-17,19H2,2H3;2*1H. The van der Waals surface area contributed by atoms with Crippen LogP contribution in [-0.2, 0) is 20.7 Å². The summed E-state index contributed by atoms with van der Waals surface area (Å²) in [4.78, 5) is 17.2. The average Bonchev–Trinajstić information content (AvgIpc) is 2.77. The van der Waals surface area contributed by atoms with Crippen LogP contribution >= 0.6 is 24.8 Å². The molecule has 0 amide bonds. The molecule has 31 heavy (non-hydrogen) atoms. The first-order chi connectivity index (χ1) is 14.2. The maximum Gasteiger partial charge on any atom is 0.309 e. The Labute approximate surface area is 200 Å². The number of nitrogens with zero attached hydrogens (tertiary/aromatic N) is 2. The molecule has 1 saturated heterocycles. The number of halogens is 2. The Morgan fingerprint density at radius 1 is 1.19 bits per heavy atom. The molecule has 0 spiro atoms. The lowest BCUT2D eigenvalue weighted by molar-refractivity contribution is -0.151. The minimum atomic E-state index is -0.0315. The van der Waals surface area contributed by atoms with E-state index in [0.717, 1.165) is 71.2 Å². The Morgan fingerprint density at radius 2 is 1.97 bits per heavy atom. The third-order valence-corrected chi connectivity index (χ3v) is 6.18. The van der Waals surface area contributed by atoms with E-state index in [9.17, 15) is 4.79 Å². The molecule has 1 saturated carbocycles. The summed E-state index contributed by atoms with van der Waals surface area (Å²) in [6.07, 6.45) is 7.85. The Morgan fingerprint density at radius 3 is 2.68 bits per heavy atom. The molecule has 2 unspecified atom stereocenters. The van der Waals surface area contributed by atoms with Gasteiger partial charge in [-0.25, -0.2) is 0 Å². The third kappa shape index (κ3) is 8.64. The number of carbonyl (C=O) groups excluding carboxylic acids is 1. The number of rotatable bonds is 9. The molecule has 0 radical (unpaired) electrons. The average molecular weight is 473 g/mol. The van der Waals surface area contributed by atoms with E-state index in [1.165, 1.54) is 11.3 Å². The Balaban J connectivity index is 0.00000240. The lowest BCUT2D eigenvalue weighted by Crippen LogP contribution is -2.46. The summed E-state index contributed by atoms with van der Waals surface area (Å²) in [5, 5.41) is 0. The molecular weight excluding hydrogens is 435 g/mol. The van der Waals surface area contributed by atoms with Gasteiger partial charge >= 0.3 is 5.97 Å². The van der Waals surface area contributed by atoms with Crippen LogP contribution in [0, 0.1) is 5.92 Å². The van der Waals surface area contributed by atoms with Gasteiger partial charge in [-0.1, -0.05) is 24.6 Å². The van der Waals surface area contributed by atoms with E-state index < -0.39 is 0 Å². The molecule has 176 valence electrons. The SMILES string of the molecule is C=CCc1cccc(N2CCN(CCCOC(=O)C3CCCC(OC)C3)CC2)c1.Cl.Cl. The molecule has 0 N–H and O–H groups in total. The molecule has 1 aliphatic carbocycles. The number of esters is 1. The van der Waals surface area contributed by atoms with Crippen LogP contribution in [0.1, 0.15) is 37.7 Å². The number of piperazine rings is 1. The number of hydrogen-bond acceptors (Lipinski definition) is 5. The normalized spacial score (nSPS) is 21.5. The zero-order valence-electron chi connectivity index (χ0n) is 18.7. The van der Waals surface area contributed by atoms with Crippen molar-refractivity contribution < 1.29 is 14.3 Å². The van der Waals surface area contributed by atoms with Gasteiger partial charge in [0.15, 0.2) is 0 Å². The van der Waals surface area contributed by atoms with Crippen molar-refractivity contribution in [3.8, 4) is 0 Å². The first kappa shape index (κ1) is 27.8. The van der Waals surface area contributed by atoms with Gasteiger partial charge in [-0.3, -0.25) is 9.69 Å². The van der Waals surface area contributed by atoms with Crippen molar-refractivity contribution in [3.05, 3.63) is 42.5 Å². The van der Waals surface area contributed by atoms with Crippen LogP contribution < -0.4 is 4.90 Å². The fourth-order valence-corrected chi connectivity index (χ4v) is 4.43. The predicted molar refractivity (Wildman–Crippen MR) is 132 cm³/mol. The second kappa shape index (κ2) is 14.7. The second-order valence-electron chi connectivity index (χ2n) is 8.23. The van der Waals surface area contributed by atoms with Gasteiger partial charge in [-0.2, -0.15) is 0 Å². The van der Waals surface area contributed by atoms with Crippen LogP contribution in [0.2, 0.25) is 0 Å². The molecule has 1 aromatic carbocycles. The number of carbonyl (C=O) groups is 1. The summed E-state index contributed by atoms with van der Waals surface area (Å²) in [5.41, 5.74) is 2.62. The number of allylic oxidation sites excluding steroid dienone is 1. The number of ether oxygens (including phenoxy) is 2. The van der Waals surface area contributed by atoms with E-state index in [-0.39, 0.29) is 42.8 Å². The van der Waals surface area contributed by atoms with Crippen molar-refractivity contribution in [1.82, 2.24) is 4.90 Å². The second-order valence-corrected chi connectivity index (χ2v) is 8.23. The number of methoxy groups -OCH3 is 1. The number of hydrogen-bond donors (Lipinski definition) is 0. The highest BCUT2D eigenvalue weighted by Crippen LogP contribution is 2.27. The zero-order valence-corrected chi connectivity index (χ0v) is 20.3. The van der Waals surface area contributed by atoms with Crippen LogP contribution in [0.4, 0.5) is 5.69 Å². The minimum absolute atomic E-state index is 0. The molecule has 0 aromatic heterocycles. The predicted octanol–water partition coefficient (Wildman–Crippen LogP) is 4.52. The summed E-state index contributed by atoms with van der Waals surface area (Å²) in [5.74, 6) is -0.00919. The number of anilines is 1. The topological polar surface area (TPSA) is 42.0 Å². The molecule has 2 fully saturated rings.